The molecule has 2 fully saturated rings. The lowest BCUT2D eigenvalue weighted by atomic mass is 9.74. The highest BCUT2D eigenvalue weighted by molar-refractivity contribution is 4.86. The van der Waals surface area contributed by atoms with E-state index in [-0.39, 0.29) is 6.10 Å². The molecule has 1 heterocycles. The number of hydrogen-bond donors (Lipinski definition) is 2. The zero-order chi connectivity index (χ0) is 7.68. The molecular weight excluding hydrogens is 138 g/mol. The summed E-state index contributed by atoms with van der Waals surface area (Å²) in [6, 6.07) is 0. The van der Waals surface area contributed by atoms with Crippen molar-refractivity contribution in [2.75, 3.05) is 13.1 Å². The van der Waals surface area contributed by atoms with E-state index in [1.54, 1.807) is 0 Å². The molecule has 0 aromatic carbocycles. The lowest BCUT2D eigenvalue weighted by molar-refractivity contribution is 0.0184. The number of nitrogens with one attached hydrogen (secondary N) is 1. The van der Waals surface area contributed by atoms with E-state index in [0.29, 0.717) is 5.92 Å². The molecule has 1 saturated carbocycles. The monoisotopic (exact) mass is 155 g/mol. The SMILES string of the molecule is OC1CCCC2CCNCC12. The number of fused-ring (bicyclic) bond motifs is 1. The van der Waals surface area contributed by atoms with Crippen LogP contribution in [0.25, 0.3) is 0 Å². The van der Waals surface area contributed by atoms with Gasteiger partial charge in [-0.05, 0) is 31.7 Å². The lowest BCUT2D eigenvalue weighted by Crippen LogP contribution is -2.44. The molecule has 11 heavy (non-hydrogen) atoms. The molecular formula is C9H17NO. The number of piperidine rings is 1. The van der Waals surface area contributed by atoms with E-state index in [1.807, 2.05) is 0 Å². The quantitative estimate of drug-likeness (QED) is 0.541. The Bertz CT molecular complexity index is 136. The Balaban J connectivity index is 1.99. The number of aliphatic hydroxyl groups excluding tert-OH is 1. The van der Waals surface area contributed by atoms with E-state index >= 15 is 0 Å². The normalized spacial score (nSPS) is 45.0. The predicted molar refractivity (Wildman–Crippen MR) is 44.3 cm³/mol. The lowest BCUT2D eigenvalue weighted by Gasteiger charge is -2.39. The average molecular weight is 155 g/mol. The van der Waals surface area contributed by atoms with Crippen molar-refractivity contribution in [1.29, 1.82) is 0 Å². The maximum Gasteiger partial charge on any atom is 0.0583 e. The van der Waals surface area contributed by atoms with E-state index in [9.17, 15) is 5.11 Å². The summed E-state index contributed by atoms with van der Waals surface area (Å²) in [7, 11) is 0. The number of hydrogen-bond acceptors (Lipinski definition) is 2. The highest BCUT2D eigenvalue weighted by Crippen LogP contribution is 2.33. The van der Waals surface area contributed by atoms with Gasteiger partial charge in [0.2, 0.25) is 0 Å². The van der Waals surface area contributed by atoms with Crippen LogP contribution in [0.4, 0.5) is 0 Å². The zero-order valence-electron chi connectivity index (χ0n) is 6.92. The minimum Gasteiger partial charge on any atom is -0.393 e. The Morgan fingerprint density at radius 1 is 1.18 bits per heavy atom. The van der Waals surface area contributed by atoms with Gasteiger partial charge in [0.25, 0.3) is 0 Å². The average Bonchev–Trinajstić information content (AvgIpc) is 2.06. The van der Waals surface area contributed by atoms with Crippen molar-refractivity contribution in [3.63, 3.8) is 0 Å². The Morgan fingerprint density at radius 3 is 2.91 bits per heavy atom. The molecule has 2 rings (SSSR count). The Labute approximate surface area is 68.0 Å². The molecule has 1 aliphatic carbocycles. The van der Waals surface area contributed by atoms with Gasteiger partial charge in [0.05, 0.1) is 6.10 Å². The van der Waals surface area contributed by atoms with Gasteiger partial charge in [-0.1, -0.05) is 6.42 Å². The van der Waals surface area contributed by atoms with Crippen LogP contribution in [-0.4, -0.2) is 24.3 Å². The summed E-state index contributed by atoms with van der Waals surface area (Å²) in [4.78, 5) is 0. The highest BCUT2D eigenvalue weighted by atomic mass is 16.3. The second-order valence-electron chi connectivity index (χ2n) is 3.91. The van der Waals surface area contributed by atoms with Crippen LogP contribution in [0.2, 0.25) is 0 Å². The highest BCUT2D eigenvalue weighted by Gasteiger charge is 2.33. The number of aliphatic hydroxyl groups is 1. The maximum absolute atomic E-state index is 9.66. The van der Waals surface area contributed by atoms with Crippen molar-refractivity contribution >= 4 is 0 Å². The fourth-order valence-corrected chi connectivity index (χ4v) is 2.55. The van der Waals surface area contributed by atoms with Crippen LogP contribution in [0.1, 0.15) is 25.7 Å². The first-order valence-corrected chi connectivity index (χ1v) is 4.76. The van der Waals surface area contributed by atoms with Crippen LogP contribution >= 0.6 is 0 Å². The molecule has 0 radical (unpaired) electrons. The second kappa shape index (κ2) is 3.11. The Hall–Kier alpha value is -0.0800. The molecule has 2 nitrogen and oxygen atoms in total. The summed E-state index contributed by atoms with van der Waals surface area (Å²) >= 11 is 0. The first kappa shape index (κ1) is 7.56. The van der Waals surface area contributed by atoms with Crippen LogP contribution in [0.5, 0.6) is 0 Å². The fraction of sp³-hybridized carbons (Fsp3) is 1.00. The van der Waals surface area contributed by atoms with E-state index in [1.165, 1.54) is 19.3 Å². The Kier molecular flexibility index (Phi) is 2.14. The summed E-state index contributed by atoms with van der Waals surface area (Å²) in [6.45, 7) is 2.21. The molecule has 3 unspecified atom stereocenters. The van der Waals surface area contributed by atoms with Gasteiger partial charge in [-0.2, -0.15) is 0 Å². The zero-order valence-corrected chi connectivity index (χ0v) is 6.92. The van der Waals surface area contributed by atoms with Gasteiger partial charge < -0.3 is 10.4 Å². The minimum atomic E-state index is -0.0125. The van der Waals surface area contributed by atoms with Crippen LogP contribution < -0.4 is 5.32 Å². The third-order valence-electron chi connectivity index (χ3n) is 3.25. The van der Waals surface area contributed by atoms with E-state index < -0.39 is 0 Å². The summed E-state index contributed by atoms with van der Waals surface area (Å²) in [5.74, 6) is 1.39. The van der Waals surface area contributed by atoms with Crippen LogP contribution in [0, 0.1) is 11.8 Å². The molecule has 0 bridgehead atoms. The molecule has 0 aromatic heterocycles. The van der Waals surface area contributed by atoms with Crippen molar-refractivity contribution in [3.05, 3.63) is 0 Å². The van der Waals surface area contributed by atoms with Crippen LogP contribution in [0.15, 0.2) is 0 Å². The molecule has 0 spiro atoms. The molecule has 2 heteroatoms. The molecule has 1 saturated heterocycles. The summed E-state index contributed by atoms with van der Waals surface area (Å²) in [6.07, 6.45) is 4.89. The molecule has 2 N–H and O–H groups in total. The molecule has 0 amide bonds. The molecule has 64 valence electrons. The first-order valence-electron chi connectivity index (χ1n) is 4.76. The largest absolute Gasteiger partial charge is 0.393 e. The first-order chi connectivity index (χ1) is 5.38. The summed E-state index contributed by atoms with van der Waals surface area (Å²) < 4.78 is 0. The van der Waals surface area contributed by atoms with Crippen molar-refractivity contribution in [3.8, 4) is 0 Å². The van der Waals surface area contributed by atoms with Gasteiger partial charge in [-0.25, -0.2) is 0 Å². The van der Waals surface area contributed by atoms with Crippen LogP contribution in [0.3, 0.4) is 0 Å². The maximum atomic E-state index is 9.66. The Morgan fingerprint density at radius 2 is 2.09 bits per heavy atom. The molecule has 2 aliphatic rings. The third kappa shape index (κ3) is 1.42. The van der Waals surface area contributed by atoms with Gasteiger partial charge in [0.15, 0.2) is 0 Å². The smallest absolute Gasteiger partial charge is 0.0583 e. The fourth-order valence-electron chi connectivity index (χ4n) is 2.55. The van der Waals surface area contributed by atoms with E-state index in [0.717, 1.165) is 25.4 Å². The van der Waals surface area contributed by atoms with Crippen molar-refractivity contribution in [2.24, 2.45) is 11.8 Å². The summed E-state index contributed by atoms with van der Waals surface area (Å²) in [5.41, 5.74) is 0. The standard InChI is InChI=1S/C9H17NO/c11-9-3-1-2-7-4-5-10-6-8(7)9/h7-11H,1-6H2. The topological polar surface area (TPSA) is 32.3 Å². The molecule has 3 atom stereocenters. The van der Waals surface area contributed by atoms with E-state index in [2.05, 4.69) is 5.32 Å². The number of rotatable bonds is 0. The van der Waals surface area contributed by atoms with Gasteiger partial charge in [0.1, 0.15) is 0 Å². The molecule has 1 aliphatic heterocycles. The van der Waals surface area contributed by atoms with Gasteiger partial charge in [-0.15, -0.1) is 0 Å². The van der Waals surface area contributed by atoms with E-state index in [4.69, 9.17) is 0 Å². The van der Waals surface area contributed by atoms with Gasteiger partial charge >= 0.3 is 0 Å². The third-order valence-corrected chi connectivity index (χ3v) is 3.25. The molecule has 0 aromatic rings. The van der Waals surface area contributed by atoms with Gasteiger partial charge in [0, 0.05) is 12.5 Å². The summed E-state index contributed by atoms with van der Waals surface area (Å²) in [5, 5.41) is 13.0. The predicted octanol–water partition coefficient (Wildman–Crippen LogP) is 0.757. The second-order valence-corrected chi connectivity index (χ2v) is 3.91. The van der Waals surface area contributed by atoms with Crippen LogP contribution in [-0.2, 0) is 0 Å². The minimum absolute atomic E-state index is 0.0125. The van der Waals surface area contributed by atoms with Gasteiger partial charge in [-0.3, -0.25) is 0 Å². The van der Waals surface area contributed by atoms with Crippen molar-refractivity contribution in [2.45, 2.75) is 31.8 Å². The van der Waals surface area contributed by atoms with Crippen molar-refractivity contribution in [1.82, 2.24) is 5.32 Å². The van der Waals surface area contributed by atoms with Crippen molar-refractivity contribution < 1.29 is 5.11 Å².